The van der Waals surface area contributed by atoms with Gasteiger partial charge in [-0.25, -0.2) is 0 Å². The average Bonchev–Trinajstić information content (AvgIpc) is 2.36. The van der Waals surface area contributed by atoms with E-state index in [1.807, 2.05) is 7.05 Å². The molecule has 0 bridgehead atoms. The van der Waals surface area contributed by atoms with E-state index in [4.69, 9.17) is 0 Å². The second kappa shape index (κ2) is 5.93. The molecule has 1 heterocycles. The number of piperazine rings is 1. The lowest BCUT2D eigenvalue weighted by molar-refractivity contribution is 0.190. The van der Waals surface area contributed by atoms with E-state index in [1.54, 1.807) is 0 Å². The van der Waals surface area contributed by atoms with E-state index in [2.05, 4.69) is 61.1 Å². The average molecular weight is 261 g/mol. The first-order valence-electron chi connectivity index (χ1n) is 7.21. The van der Waals surface area contributed by atoms with Crippen LogP contribution in [-0.4, -0.2) is 50.7 Å². The Kier molecular flexibility index (Phi) is 4.48. The van der Waals surface area contributed by atoms with Gasteiger partial charge >= 0.3 is 0 Å². The molecule has 0 amide bonds. The molecule has 0 aliphatic carbocycles. The minimum absolute atomic E-state index is 0.568. The van der Waals surface area contributed by atoms with Crippen LogP contribution in [0.25, 0.3) is 0 Å². The zero-order valence-corrected chi connectivity index (χ0v) is 12.9. The maximum absolute atomic E-state index is 3.31. The van der Waals surface area contributed by atoms with E-state index < -0.39 is 0 Å². The summed E-state index contributed by atoms with van der Waals surface area (Å²) in [6.45, 7) is 9.99. The van der Waals surface area contributed by atoms with E-state index >= 15 is 0 Å². The highest BCUT2D eigenvalue weighted by Gasteiger charge is 2.29. The molecule has 3 heteroatoms. The number of likely N-dealkylation sites (N-methyl/N-ethyl adjacent to an activating group) is 2. The van der Waals surface area contributed by atoms with Gasteiger partial charge in [0.15, 0.2) is 0 Å². The van der Waals surface area contributed by atoms with Gasteiger partial charge in [-0.3, -0.25) is 4.90 Å². The van der Waals surface area contributed by atoms with Crippen LogP contribution in [0.4, 0.5) is 5.69 Å². The van der Waals surface area contributed by atoms with Crippen molar-refractivity contribution in [1.82, 2.24) is 10.2 Å². The highest BCUT2D eigenvalue weighted by Crippen LogP contribution is 2.26. The normalized spacial score (nSPS) is 24.8. The Morgan fingerprint density at radius 2 is 2.00 bits per heavy atom. The van der Waals surface area contributed by atoms with Crippen LogP contribution in [0.5, 0.6) is 0 Å². The third-order valence-corrected chi connectivity index (χ3v) is 4.23. The Morgan fingerprint density at radius 1 is 1.26 bits per heavy atom. The second-order valence-electron chi connectivity index (χ2n) is 5.94. The topological polar surface area (TPSA) is 18.5 Å². The smallest absolute Gasteiger partial charge is 0.0401 e. The zero-order chi connectivity index (χ0) is 14.0. The molecule has 0 saturated carbocycles. The van der Waals surface area contributed by atoms with Crippen molar-refractivity contribution in [2.24, 2.45) is 0 Å². The van der Waals surface area contributed by atoms with Gasteiger partial charge in [0.1, 0.15) is 0 Å². The van der Waals surface area contributed by atoms with E-state index in [1.165, 1.54) is 16.8 Å². The molecular formula is C16H27N3. The predicted octanol–water partition coefficient (Wildman–Crippen LogP) is 2.03. The lowest BCUT2D eigenvalue weighted by Gasteiger charge is -2.45. The Labute approximate surface area is 117 Å². The maximum atomic E-state index is 3.31. The molecule has 1 aliphatic heterocycles. The van der Waals surface area contributed by atoms with Crippen molar-refractivity contribution in [1.29, 1.82) is 0 Å². The minimum Gasteiger partial charge on any atom is -0.366 e. The molecule has 2 unspecified atom stereocenters. The standard InChI is InChI=1S/C16H27N3/c1-12-6-7-13(2)16(8-12)19-11-15(9-17-4)18(5)10-14(19)3/h6-8,14-15,17H,9-11H2,1-5H3. The summed E-state index contributed by atoms with van der Waals surface area (Å²) in [4.78, 5) is 5.05. The lowest BCUT2D eigenvalue weighted by Crippen LogP contribution is -2.58. The van der Waals surface area contributed by atoms with E-state index in [0.29, 0.717) is 12.1 Å². The number of hydrogen-bond donors (Lipinski definition) is 1. The number of anilines is 1. The summed E-state index contributed by atoms with van der Waals surface area (Å²) in [7, 11) is 4.27. The van der Waals surface area contributed by atoms with Gasteiger partial charge in [-0.05, 0) is 52.1 Å². The van der Waals surface area contributed by atoms with Crippen molar-refractivity contribution >= 4 is 5.69 Å². The first-order chi connectivity index (χ1) is 9.02. The van der Waals surface area contributed by atoms with Gasteiger partial charge in [0.25, 0.3) is 0 Å². The summed E-state index contributed by atoms with van der Waals surface area (Å²) in [5.74, 6) is 0. The van der Waals surface area contributed by atoms with Crippen LogP contribution in [0.2, 0.25) is 0 Å². The summed E-state index contributed by atoms with van der Waals surface area (Å²) in [6.07, 6.45) is 0. The van der Waals surface area contributed by atoms with Crippen LogP contribution in [0.15, 0.2) is 18.2 Å². The Balaban J connectivity index is 2.24. The number of benzene rings is 1. The minimum atomic E-state index is 0.568. The van der Waals surface area contributed by atoms with Gasteiger partial charge in [-0.1, -0.05) is 12.1 Å². The third kappa shape index (κ3) is 3.10. The number of nitrogens with one attached hydrogen (secondary N) is 1. The highest BCUT2D eigenvalue weighted by molar-refractivity contribution is 5.56. The monoisotopic (exact) mass is 261 g/mol. The van der Waals surface area contributed by atoms with Gasteiger partial charge in [0, 0.05) is 37.4 Å². The first kappa shape index (κ1) is 14.4. The molecule has 19 heavy (non-hydrogen) atoms. The van der Waals surface area contributed by atoms with Crippen LogP contribution in [0, 0.1) is 13.8 Å². The van der Waals surface area contributed by atoms with Crippen molar-refractivity contribution in [3.63, 3.8) is 0 Å². The lowest BCUT2D eigenvalue weighted by atomic mass is 10.0. The highest BCUT2D eigenvalue weighted by atomic mass is 15.3. The summed E-state index contributed by atoms with van der Waals surface area (Å²) in [5, 5.41) is 3.31. The largest absolute Gasteiger partial charge is 0.366 e. The molecule has 1 aliphatic rings. The molecule has 1 fully saturated rings. The number of hydrogen-bond acceptors (Lipinski definition) is 3. The van der Waals surface area contributed by atoms with Crippen molar-refractivity contribution < 1.29 is 0 Å². The molecule has 106 valence electrons. The van der Waals surface area contributed by atoms with Gasteiger partial charge in [0.2, 0.25) is 0 Å². The van der Waals surface area contributed by atoms with Crippen LogP contribution >= 0.6 is 0 Å². The molecule has 3 nitrogen and oxygen atoms in total. The fraction of sp³-hybridized carbons (Fsp3) is 0.625. The van der Waals surface area contributed by atoms with E-state index in [-0.39, 0.29) is 0 Å². The molecular weight excluding hydrogens is 234 g/mol. The van der Waals surface area contributed by atoms with Crippen molar-refractivity contribution in [2.75, 3.05) is 38.6 Å². The van der Waals surface area contributed by atoms with Gasteiger partial charge in [-0.15, -0.1) is 0 Å². The van der Waals surface area contributed by atoms with Gasteiger partial charge < -0.3 is 10.2 Å². The molecule has 2 rings (SSSR count). The summed E-state index contributed by atoms with van der Waals surface area (Å²) < 4.78 is 0. The third-order valence-electron chi connectivity index (χ3n) is 4.23. The van der Waals surface area contributed by atoms with Crippen molar-refractivity contribution in [3.05, 3.63) is 29.3 Å². The fourth-order valence-electron chi connectivity index (χ4n) is 3.03. The molecule has 1 aromatic rings. The molecule has 0 aromatic heterocycles. The Morgan fingerprint density at radius 3 is 2.68 bits per heavy atom. The van der Waals surface area contributed by atoms with E-state index in [0.717, 1.165) is 19.6 Å². The Bertz CT molecular complexity index is 430. The van der Waals surface area contributed by atoms with Gasteiger partial charge in [0.05, 0.1) is 0 Å². The molecule has 0 spiro atoms. The summed E-state index contributed by atoms with van der Waals surface area (Å²) in [6, 6.07) is 7.92. The fourth-order valence-corrected chi connectivity index (χ4v) is 3.03. The molecule has 1 aromatic carbocycles. The molecule has 2 atom stereocenters. The number of nitrogens with zero attached hydrogens (tertiary/aromatic N) is 2. The zero-order valence-electron chi connectivity index (χ0n) is 12.9. The first-order valence-corrected chi connectivity index (χ1v) is 7.21. The summed E-state index contributed by atoms with van der Waals surface area (Å²) >= 11 is 0. The van der Waals surface area contributed by atoms with Crippen molar-refractivity contribution in [2.45, 2.75) is 32.9 Å². The molecule has 1 N–H and O–H groups in total. The summed E-state index contributed by atoms with van der Waals surface area (Å²) in [5.41, 5.74) is 4.13. The number of rotatable bonds is 3. The maximum Gasteiger partial charge on any atom is 0.0401 e. The second-order valence-corrected chi connectivity index (χ2v) is 5.94. The quantitative estimate of drug-likeness (QED) is 0.898. The Hall–Kier alpha value is -1.06. The SMILES string of the molecule is CNCC1CN(c2cc(C)ccc2C)C(C)CN1C. The number of aryl methyl sites for hydroxylation is 2. The van der Waals surface area contributed by atoms with Crippen molar-refractivity contribution in [3.8, 4) is 0 Å². The van der Waals surface area contributed by atoms with Crippen LogP contribution in [0.3, 0.4) is 0 Å². The predicted molar refractivity (Wildman–Crippen MR) is 83.1 cm³/mol. The van der Waals surface area contributed by atoms with Crippen LogP contribution in [0.1, 0.15) is 18.1 Å². The van der Waals surface area contributed by atoms with Gasteiger partial charge in [-0.2, -0.15) is 0 Å². The van der Waals surface area contributed by atoms with Crippen LogP contribution in [-0.2, 0) is 0 Å². The molecule has 0 radical (unpaired) electrons. The molecule has 1 saturated heterocycles. The van der Waals surface area contributed by atoms with Crippen LogP contribution < -0.4 is 10.2 Å². The van der Waals surface area contributed by atoms with E-state index in [9.17, 15) is 0 Å².